The number of fused-ring (bicyclic) bond motifs is 1. The zero-order valence-electron chi connectivity index (χ0n) is 16.1. The van der Waals surface area contributed by atoms with Crippen LogP contribution in [0.2, 0.25) is 0 Å². The van der Waals surface area contributed by atoms with E-state index in [0.29, 0.717) is 25.9 Å². The molecule has 2 atom stereocenters. The molecule has 0 aliphatic carbocycles. The van der Waals surface area contributed by atoms with Crippen LogP contribution in [0.3, 0.4) is 0 Å². The molecule has 2 aliphatic rings. The van der Waals surface area contributed by atoms with Crippen LogP contribution in [0, 0.1) is 0 Å². The summed E-state index contributed by atoms with van der Waals surface area (Å²) in [5.74, 6) is -0.738. The van der Waals surface area contributed by atoms with Crippen molar-refractivity contribution in [3.63, 3.8) is 0 Å². The second kappa shape index (κ2) is 7.21. The van der Waals surface area contributed by atoms with Gasteiger partial charge in [0.1, 0.15) is 17.7 Å². The summed E-state index contributed by atoms with van der Waals surface area (Å²) < 4.78 is 5.53. The lowest BCUT2D eigenvalue weighted by molar-refractivity contribution is -0.142. The van der Waals surface area contributed by atoms with Crippen LogP contribution in [0.25, 0.3) is 0 Å². The molecule has 1 fully saturated rings. The van der Waals surface area contributed by atoms with Gasteiger partial charge in [0, 0.05) is 13.0 Å². The molecule has 7 nitrogen and oxygen atoms in total. The molecule has 1 saturated heterocycles. The van der Waals surface area contributed by atoms with Crippen LogP contribution in [0.5, 0.6) is 0 Å². The van der Waals surface area contributed by atoms with Crippen molar-refractivity contribution >= 4 is 17.9 Å². The monoisotopic (exact) mass is 373 g/mol. The van der Waals surface area contributed by atoms with Crippen LogP contribution in [0.15, 0.2) is 24.3 Å². The number of ether oxygens (including phenoxy) is 1. The van der Waals surface area contributed by atoms with Gasteiger partial charge in [-0.3, -0.25) is 14.5 Å². The van der Waals surface area contributed by atoms with E-state index in [4.69, 9.17) is 10.5 Å². The standard InChI is InChI=1S/C20H27N3O4/c1-20(2,3)27-19(26)23-12-14-8-5-4-7-13(14)11-16(23)18(25)22-10-6-9-15(22)17(21)24/h4-5,7-8,15-16H,6,9-12H2,1-3H3,(H2,21,24)/t15-,16-/m0/s1. The average Bonchev–Trinajstić information content (AvgIpc) is 3.08. The van der Waals surface area contributed by atoms with E-state index in [9.17, 15) is 14.4 Å². The molecule has 3 amide bonds. The Morgan fingerprint density at radius 1 is 1.07 bits per heavy atom. The topological polar surface area (TPSA) is 92.9 Å². The molecule has 0 aromatic heterocycles. The second-order valence-electron chi connectivity index (χ2n) is 8.19. The fourth-order valence-corrected chi connectivity index (χ4v) is 3.77. The van der Waals surface area contributed by atoms with Crippen molar-refractivity contribution < 1.29 is 19.1 Å². The Morgan fingerprint density at radius 2 is 1.74 bits per heavy atom. The summed E-state index contributed by atoms with van der Waals surface area (Å²) in [4.78, 5) is 40.8. The summed E-state index contributed by atoms with van der Waals surface area (Å²) >= 11 is 0. The SMILES string of the molecule is CC(C)(C)OC(=O)N1Cc2ccccc2C[C@H]1C(=O)N1CCC[C@H]1C(N)=O. The third-order valence-corrected chi connectivity index (χ3v) is 5.03. The normalized spacial score (nSPS) is 22.3. The molecule has 2 heterocycles. The lowest BCUT2D eigenvalue weighted by Crippen LogP contribution is -2.56. The highest BCUT2D eigenvalue weighted by Crippen LogP contribution is 2.28. The Morgan fingerprint density at radius 3 is 2.37 bits per heavy atom. The van der Waals surface area contributed by atoms with Gasteiger partial charge >= 0.3 is 6.09 Å². The van der Waals surface area contributed by atoms with Gasteiger partial charge in [0.15, 0.2) is 0 Å². The highest BCUT2D eigenvalue weighted by molar-refractivity contribution is 5.91. The highest BCUT2D eigenvalue weighted by atomic mass is 16.6. The highest BCUT2D eigenvalue weighted by Gasteiger charge is 2.42. The van der Waals surface area contributed by atoms with E-state index in [2.05, 4.69) is 0 Å². The van der Waals surface area contributed by atoms with Gasteiger partial charge in [-0.05, 0) is 44.7 Å². The molecule has 1 aromatic carbocycles. The van der Waals surface area contributed by atoms with Crippen molar-refractivity contribution in [2.45, 2.75) is 64.3 Å². The number of benzene rings is 1. The largest absolute Gasteiger partial charge is 0.444 e. The summed E-state index contributed by atoms with van der Waals surface area (Å²) in [7, 11) is 0. The van der Waals surface area contributed by atoms with Gasteiger partial charge in [0.05, 0.1) is 6.54 Å². The maximum atomic E-state index is 13.3. The minimum absolute atomic E-state index is 0.239. The lowest BCUT2D eigenvalue weighted by atomic mass is 9.93. The summed E-state index contributed by atoms with van der Waals surface area (Å²) in [5.41, 5.74) is 6.84. The third-order valence-electron chi connectivity index (χ3n) is 5.03. The molecule has 2 N–H and O–H groups in total. The van der Waals surface area contributed by atoms with Gasteiger partial charge in [-0.25, -0.2) is 4.79 Å². The minimum atomic E-state index is -0.699. The number of hydrogen-bond donors (Lipinski definition) is 1. The van der Waals surface area contributed by atoms with E-state index < -0.39 is 29.7 Å². The summed E-state index contributed by atoms with van der Waals surface area (Å²) in [6.07, 6.45) is 1.17. The fraction of sp³-hybridized carbons (Fsp3) is 0.550. The molecule has 7 heteroatoms. The van der Waals surface area contributed by atoms with Crippen molar-refractivity contribution in [3.05, 3.63) is 35.4 Å². The molecule has 27 heavy (non-hydrogen) atoms. The molecule has 0 unspecified atom stereocenters. The predicted octanol–water partition coefficient (Wildman–Crippen LogP) is 1.82. The number of rotatable bonds is 2. The zero-order chi connectivity index (χ0) is 19.8. The Balaban J connectivity index is 1.90. The van der Waals surface area contributed by atoms with Crippen LogP contribution < -0.4 is 5.73 Å². The average molecular weight is 373 g/mol. The molecule has 3 rings (SSSR count). The summed E-state index contributed by atoms with van der Waals surface area (Å²) in [6, 6.07) is 6.46. The van der Waals surface area contributed by atoms with Crippen LogP contribution >= 0.6 is 0 Å². The first-order valence-electron chi connectivity index (χ1n) is 9.33. The number of primary amides is 1. The molecule has 0 saturated carbocycles. The van der Waals surface area contributed by atoms with Crippen LogP contribution in [-0.4, -0.2) is 51.9 Å². The number of nitrogens with two attached hydrogens (primary N) is 1. The fourth-order valence-electron chi connectivity index (χ4n) is 3.77. The summed E-state index contributed by atoms with van der Waals surface area (Å²) in [6.45, 7) is 6.17. The zero-order valence-corrected chi connectivity index (χ0v) is 16.1. The summed E-state index contributed by atoms with van der Waals surface area (Å²) in [5, 5.41) is 0. The van der Waals surface area contributed by atoms with Gasteiger partial charge in [0.25, 0.3) is 0 Å². The second-order valence-corrected chi connectivity index (χ2v) is 8.19. The maximum absolute atomic E-state index is 13.3. The minimum Gasteiger partial charge on any atom is -0.444 e. The van der Waals surface area contributed by atoms with Crippen molar-refractivity contribution in [2.75, 3.05) is 6.54 Å². The number of carbonyl (C=O) groups excluding carboxylic acids is 3. The molecule has 0 bridgehead atoms. The van der Waals surface area contributed by atoms with Crippen molar-refractivity contribution in [2.24, 2.45) is 5.73 Å². The maximum Gasteiger partial charge on any atom is 0.411 e. The smallest absolute Gasteiger partial charge is 0.411 e. The number of likely N-dealkylation sites (tertiary alicyclic amines) is 1. The van der Waals surface area contributed by atoms with Gasteiger partial charge in [-0.15, -0.1) is 0 Å². The van der Waals surface area contributed by atoms with Gasteiger partial charge in [0.2, 0.25) is 11.8 Å². The molecule has 0 radical (unpaired) electrons. The van der Waals surface area contributed by atoms with Crippen molar-refractivity contribution in [3.8, 4) is 0 Å². The quantitative estimate of drug-likeness (QED) is 0.856. The van der Waals surface area contributed by atoms with Crippen molar-refractivity contribution in [1.29, 1.82) is 0 Å². The van der Waals surface area contributed by atoms with Crippen LogP contribution in [-0.2, 0) is 27.3 Å². The number of amides is 3. The van der Waals surface area contributed by atoms with E-state index in [1.807, 2.05) is 24.3 Å². The molecule has 0 spiro atoms. The predicted molar refractivity (Wildman–Crippen MR) is 99.6 cm³/mol. The van der Waals surface area contributed by atoms with E-state index in [1.165, 1.54) is 9.80 Å². The Kier molecular flexibility index (Phi) is 5.13. The Hall–Kier alpha value is -2.57. The third kappa shape index (κ3) is 4.07. The van der Waals surface area contributed by atoms with Crippen LogP contribution in [0.1, 0.15) is 44.7 Å². The first-order chi connectivity index (χ1) is 12.7. The number of carbonyl (C=O) groups is 3. The van der Waals surface area contributed by atoms with Crippen molar-refractivity contribution in [1.82, 2.24) is 9.80 Å². The van der Waals surface area contributed by atoms with E-state index in [1.54, 1.807) is 20.8 Å². The number of nitrogens with zero attached hydrogens (tertiary/aromatic N) is 2. The molecular weight excluding hydrogens is 346 g/mol. The Bertz CT molecular complexity index is 756. The van der Waals surface area contributed by atoms with Gasteiger partial charge in [-0.2, -0.15) is 0 Å². The molecule has 1 aromatic rings. The first kappa shape index (κ1) is 19.2. The lowest BCUT2D eigenvalue weighted by Gasteiger charge is -2.39. The number of hydrogen-bond acceptors (Lipinski definition) is 4. The van der Waals surface area contributed by atoms with Crippen LogP contribution in [0.4, 0.5) is 4.79 Å². The van der Waals surface area contributed by atoms with E-state index in [0.717, 1.165) is 17.5 Å². The van der Waals surface area contributed by atoms with Gasteiger partial charge in [-0.1, -0.05) is 24.3 Å². The molecule has 146 valence electrons. The Labute approximate surface area is 159 Å². The molecular formula is C20H27N3O4. The van der Waals surface area contributed by atoms with Gasteiger partial charge < -0.3 is 15.4 Å². The van der Waals surface area contributed by atoms with E-state index >= 15 is 0 Å². The first-order valence-corrected chi connectivity index (χ1v) is 9.33. The molecule has 2 aliphatic heterocycles. The van der Waals surface area contributed by atoms with E-state index in [-0.39, 0.29) is 5.91 Å².